The minimum Gasteiger partial charge on any atom is -0.452 e. The number of carbonyl (C=O) groups excluding carboxylic acids is 1. The molecule has 0 unspecified atom stereocenters. The van der Waals surface area contributed by atoms with E-state index in [-0.39, 0.29) is 11.9 Å². The van der Waals surface area contributed by atoms with E-state index < -0.39 is 6.10 Å². The second kappa shape index (κ2) is 3.37. The number of unbranched alkanes of at least 4 members (excludes halogenated alkanes) is 1. The van der Waals surface area contributed by atoms with E-state index in [1.807, 2.05) is 0 Å². The van der Waals surface area contributed by atoms with Gasteiger partial charge < -0.3 is 10.5 Å². The van der Waals surface area contributed by atoms with Gasteiger partial charge in [0.05, 0.1) is 0 Å². The Morgan fingerprint density at radius 2 is 2.45 bits per heavy atom. The molecule has 1 heterocycles. The molecular formula is C7H12N2O2. The maximum absolute atomic E-state index is 10.9. The third-order valence-electron chi connectivity index (χ3n) is 1.58. The van der Waals surface area contributed by atoms with E-state index in [2.05, 4.69) is 11.9 Å². The topological polar surface area (TPSA) is 64.7 Å². The highest BCUT2D eigenvalue weighted by Gasteiger charge is 2.26. The fraction of sp³-hybridized carbons (Fsp3) is 0.714. The van der Waals surface area contributed by atoms with Crippen molar-refractivity contribution in [2.24, 2.45) is 10.7 Å². The summed E-state index contributed by atoms with van der Waals surface area (Å²) in [5.74, 6) is -0.240. The Morgan fingerprint density at radius 3 is 2.91 bits per heavy atom. The summed E-state index contributed by atoms with van der Waals surface area (Å²) in [4.78, 5) is 14.4. The zero-order valence-corrected chi connectivity index (χ0v) is 6.54. The molecule has 0 aliphatic carbocycles. The molecule has 0 spiro atoms. The quantitative estimate of drug-likeness (QED) is 0.643. The van der Waals surface area contributed by atoms with Crippen LogP contribution < -0.4 is 5.73 Å². The Morgan fingerprint density at radius 1 is 1.73 bits per heavy atom. The first-order valence-electron chi connectivity index (χ1n) is 3.78. The Kier molecular flexibility index (Phi) is 2.46. The molecule has 0 aromatic carbocycles. The average molecular weight is 156 g/mol. The van der Waals surface area contributed by atoms with Gasteiger partial charge in [-0.15, -0.1) is 0 Å². The highest BCUT2D eigenvalue weighted by molar-refractivity contribution is 5.97. The van der Waals surface area contributed by atoms with Gasteiger partial charge in [-0.05, 0) is 12.8 Å². The number of carbonyl (C=O) groups is 1. The summed E-state index contributed by atoms with van der Waals surface area (Å²) < 4.78 is 4.95. The highest BCUT2D eigenvalue weighted by atomic mass is 16.5. The lowest BCUT2D eigenvalue weighted by Crippen LogP contribution is -2.20. The molecule has 0 aromatic heterocycles. The average Bonchev–Trinajstić information content (AvgIpc) is 2.26. The number of nitrogens with two attached hydrogens (primary N) is 1. The van der Waals surface area contributed by atoms with E-state index in [0.29, 0.717) is 0 Å². The fourth-order valence-corrected chi connectivity index (χ4v) is 0.975. The number of hydrogen-bond donors (Lipinski definition) is 1. The van der Waals surface area contributed by atoms with Crippen LogP contribution in [0.4, 0.5) is 0 Å². The summed E-state index contributed by atoms with van der Waals surface area (Å²) in [6.07, 6.45) is 2.33. The van der Waals surface area contributed by atoms with Crippen LogP contribution in [0.5, 0.6) is 0 Å². The first kappa shape index (κ1) is 8.04. The van der Waals surface area contributed by atoms with Crippen molar-refractivity contribution < 1.29 is 9.53 Å². The van der Waals surface area contributed by atoms with Gasteiger partial charge in [0.15, 0.2) is 6.10 Å². The van der Waals surface area contributed by atoms with E-state index in [9.17, 15) is 4.79 Å². The molecule has 0 bridgehead atoms. The first-order valence-corrected chi connectivity index (χ1v) is 3.78. The summed E-state index contributed by atoms with van der Waals surface area (Å²) in [5.41, 5.74) is 5.19. The fourth-order valence-electron chi connectivity index (χ4n) is 0.975. The zero-order valence-electron chi connectivity index (χ0n) is 6.54. The van der Waals surface area contributed by atoms with Crippen molar-refractivity contribution in [1.82, 2.24) is 0 Å². The van der Waals surface area contributed by atoms with E-state index >= 15 is 0 Å². The molecule has 4 nitrogen and oxygen atoms in total. The largest absolute Gasteiger partial charge is 0.452 e. The summed E-state index contributed by atoms with van der Waals surface area (Å²) in [7, 11) is 0. The minimum absolute atomic E-state index is 0.0103. The first-order chi connectivity index (χ1) is 5.24. The summed E-state index contributed by atoms with van der Waals surface area (Å²) in [5, 5.41) is 0. The van der Waals surface area contributed by atoms with Crippen molar-refractivity contribution in [3.63, 3.8) is 0 Å². The van der Waals surface area contributed by atoms with Crippen LogP contribution in [-0.2, 0) is 9.53 Å². The number of aliphatic imine (C=N–C) groups is 1. The summed E-state index contributed by atoms with van der Waals surface area (Å²) >= 11 is 0. The Hall–Kier alpha value is -1.06. The monoisotopic (exact) mass is 156 g/mol. The van der Waals surface area contributed by atoms with Gasteiger partial charge in [0, 0.05) is 0 Å². The van der Waals surface area contributed by atoms with Crippen molar-refractivity contribution in [1.29, 1.82) is 0 Å². The number of ether oxygens (including phenoxy) is 1. The van der Waals surface area contributed by atoms with E-state index in [1.54, 1.807) is 0 Å². The van der Waals surface area contributed by atoms with Crippen molar-refractivity contribution in [3.8, 4) is 0 Å². The van der Waals surface area contributed by atoms with E-state index in [1.165, 1.54) is 0 Å². The molecule has 1 aliphatic heterocycles. The molecule has 62 valence electrons. The molecule has 0 saturated heterocycles. The lowest BCUT2D eigenvalue weighted by atomic mass is 10.1. The molecule has 1 amide bonds. The van der Waals surface area contributed by atoms with E-state index in [4.69, 9.17) is 10.5 Å². The van der Waals surface area contributed by atoms with Gasteiger partial charge in [-0.1, -0.05) is 13.3 Å². The highest BCUT2D eigenvalue weighted by Crippen LogP contribution is 2.11. The molecule has 0 radical (unpaired) electrons. The normalized spacial score (nSPS) is 23.2. The maximum atomic E-state index is 10.9. The van der Waals surface area contributed by atoms with Gasteiger partial charge >= 0.3 is 0 Å². The van der Waals surface area contributed by atoms with Crippen LogP contribution in [0.3, 0.4) is 0 Å². The van der Waals surface area contributed by atoms with Crippen LogP contribution in [0, 0.1) is 0 Å². The van der Waals surface area contributed by atoms with Gasteiger partial charge in [0.1, 0.15) is 0 Å². The smallest absolute Gasteiger partial charge is 0.291 e. The minimum atomic E-state index is -0.407. The van der Waals surface area contributed by atoms with Gasteiger partial charge in [0.25, 0.3) is 11.9 Å². The van der Waals surface area contributed by atoms with Crippen LogP contribution in [0.15, 0.2) is 4.99 Å². The Bertz CT molecular complexity index is 189. The third-order valence-corrected chi connectivity index (χ3v) is 1.58. The molecule has 2 N–H and O–H groups in total. The van der Waals surface area contributed by atoms with Crippen molar-refractivity contribution in [2.75, 3.05) is 0 Å². The van der Waals surface area contributed by atoms with Crippen LogP contribution in [0.25, 0.3) is 0 Å². The molecule has 0 fully saturated rings. The van der Waals surface area contributed by atoms with E-state index in [0.717, 1.165) is 19.3 Å². The predicted octanol–water partition coefficient (Wildman–Crippen LogP) is 0.417. The standard InChI is InChI=1S/C7H12N2O2/c1-2-3-4-5-6(10)9-7(8)11-5/h5H,2-4H2,1H3,(H2,8,9,10)/t5-/m0/s1. The van der Waals surface area contributed by atoms with Gasteiger partial charge in [-0.3, -0.25) is 4.79 Å². The molecular weight excluding hydrogens is 144 g/mol. The second-order valence-electron chi connectivity index (χ2n) is 2.54. The number of rotatable bonds is 3. The van der Waals surface area contributed by atoms with Crippen LogP contribution in [0.1, 0.15) is 26.2 Å². The Balaban J connectivity index is 2.34. The predicted molar refractivity (Wildman–Crippen MR) is 41.0 cm³/mol. The number of hydrogen-bond acceptors (Lipinski definition) is 3. The molecule has 0 aromatic rings. The number of amides is 1. The van der Waals surface area contributed by atoms with Crippen LogP contribution in [-0.4, -0.2) is 18.0 Å². The molecule has 1 rings (SSSR count). The number of nitrogens with zero attached hydrogens (tertiary/aromatic N) is 1. The molecule has 11 heavy (non-hydrogen) atoms. The van der Waals surface area contributed by atoms with Crippen molar-refractivity contribution in [2.45, 2.75) is 32.3 Å². The molecule has 4 heteroatoms. The molecule has 1 atom stereocenters. The summed E-state index contributed by atoms with van der Waals surface area (Å²) in [6.45, 7) is 2.06. The van der Waals surface area contributed by atoms with Crippen molar-refractivity contribution in [3.05, 3.63) is 0 Å². The summed E-state index contributed by atoms with van der Waals surface area (Å²) in [6, 6.07) is 0.0103. The van der Waals surface area contributed by atoms with Crippen LogP contribution in [0.2, 0.25) is 0 Å². The Labute approximate surface area is 65.4 Å². The van der Waals surface area contributed by atoms with Gasteiger partial charge in [0.2, 0.25) is 0 Å². The maximum Gasteiger partial charge on any atom is 0.291 e. The lowest BCUT2D eigenvalue weighted by molar-refractivity contribution is -0.122. The molecule has 0 saturated carbocycles. The lowest BCUT2D eigenvalue weighted by Gasteiger charge is -2.05. The van der Waals surface area contributed by atoms with Crippen molar-refractivity contribution >= 4 is 11.9 Å². The second-order valence-corrected chi connectivity index (χ2v) is 2.54. The SMILES string of the molecule is CCCC[C@@H]1OC(N)=NC1=O. The third kappa shape index (κ3) is 1.93. The van der Waals surface area contributed by atoms with Gasteiger partial charge in [-0.25, -0.2) is 0 Å². The molecule has 1 aliphatic rings. The van der Waals surface area contributed by atoms with Gasteiger partial charge in [-0.2, -0.15) is 4.99 Å². The number of amidine groups is 1. The zero-order chi connectivity index (χ0) is 8.27. The van der Waals surface area contributed by atoms with Crippen LogP contribution >= 0.6 is 0 Å².